The van der Waals surface area contributed by atoms with Crippen molar-refractivity contribution in [2.24, 2.45) is 0 Å². The summed E-state index contributed by atoms with van der Waals surface area (Å²) in [4.78, 5) is 45.9. The summed E-state index contributed by atoms with van der Waals surface area (Å²) >= 11 is 0. The van der Waals surface area contributed by atoms with E-state index in [-0.39, 0.29) is 11.3 Å². The fourth-order valence-electron chi connectivity index (χ4n) is 2.00. The predicted molar refractivity (Wildman–Crippen MR) is 101 cm³/mol. The monoisotopic (exact) mass is 411 g/mol. The molecule has 1 aromatic rings. The van der Waals surface area contributed by atoms with Gasteiger partial charge in [-0.2, -0.15) is 0 Å². The lowest BCUT2D eigenvalue weighted by atomic mass is 10.2. The third-order valence-electron chi connectivity index (χ3n) is 2.90. The molecule has 0 radical (unpaired) electrons. The first-order valence-corrected chi connectivity index (χ1v) is 8.70. The largest absolute Gasteiger partial charge is 0.475 e. The first-order chi connectivity index (χ1) is 13.2. The second kappa shape index (κ2) is 9.35. The Balaban J connectivity index is 2.81. The van der Waals surface area contributed by atoms with E-state index in [0.717, 1.165) is 12.1 Å². The second-order valence-electron chi connectivity index (χ2n) is 7.98. The lowest BCUT2D eigenvalue weighted by molar-refractivity contribution is -0.385. The van der Waals surface area contributed by atoms with E-state index >= 15 is 0 Å². The minimum absolute atomic E-state index is 0.162. The molecule has 1 aromatic carbocycles. The lowest BCUT2D eigenvalue weighted by Crippen LogP contribution is -2.27. The molecule has 0 unspecified atom stereocenters. The molecule has 10 heteroatoms. The third-order valence-corrected chi connectivity index (χ3v) is 2.90. The summed E-state index contributed by atoms with van der Waals surface area (Å²) < 4.78 is 20.0. The van der Waals surface area contributed by atoms with Crippen molar-refractivity contribution in [3.05, 3.63) is 33.9 Å². The molecule has 0 saturated heterocycles. The van der Waals surface area contributed by atoms with E-state index in [2.05, 4.69) is 0 Å². The SMILES string of the molecule is CC(C)(C)OC(=O)COC(=O)c1ccc(OCC(=O)OC(C)(C)C)c([N+](=O)[O-])c1. The molecule has 0 heterocycles. The number of benzene rings is 1. The fourth-order valence-corrected chi connectivity index (χ4v) is 2.00. The molecule has 0 aromatic heterocycles. The first kappa shape index (κ1) is 23.9. The van der Waals surface area contributed by atoms with Gasteiger partial charge in [-0.1, -0.05) is 0 Å². The smallest absolute Gasteiger partial charge is 0.344 e. The number of hydrogen-bond donors (Lipinski definition) is 0. The minimum Gasteiger partial charge on any atom is -0.475 e. The first-order valence-electron chi connectivity index (χ1n) is 8.70. The van der Waals surface area contributed by atoms with Crippen molar-refractivity contribution in [2.45, 2.75) is 52.7 Å². The van der Waals surface area contributed by atoms with Gasteiger partial charge >= 0.3 is 23.6 Å². The summed E-state index contributed by atoms with van der Waals surface area (Å²) in [6.45, 7) is 8.81. The fraction of sp³-hybridized carbons (Fsp3) is 0.526. The van der Waals surface area contributed by atoms with Crippen LogP contribution in [0.3, 0.4) is 0 Å². The van der Waals surface area contributed by atoms with Crippen LogP contribution in [0.1, 0.15) is 51.9 Å². The van der Waals surface area contributed by atoms with Gasteiger partial charge < -0.3 is 18.9 Å². The van der Waals surface area contributed by atoms with E-state index in [4.69, 9.17) is 18.9 Å². The van der Waals surface area contributed by atoms with E-state index < -0.39 is 52.9 Å². The number of esters is 3. The second-order valence-corrected chi connectivity index (χ2v) is 7.98. The van der Waals surface area contributed by atoms with Gasteiger partial charge in [-0.3, -0.25) is 10.1 Å². The highest BCUT2D eigenvalue weighted by Crippen LogP contribution is 2.28. The molecule has 0 aliphatic carbocycles. The van der Waals surface area contributed by atoms with Gasteiger partial charge in [0.05, 0.1) is 10.5 Å². The Morgan fingerprint density at radius 2 is 1.45 bits per heavy atom. The molecule has 0 saturated carbocycles. The van der Waals surface area contributed by atoms with Crippen LogP contribution in [0.15, 0.2) is 18.2 Å². The van der Waals surface area contributed by atoms with E-state index in [1.54, 1.807) is 41.5 Å². The number of hydrogen-bond acceptors (Lipinski definition) is 9. The predicted octanol–water partition coefficient (Wildman–Crippen LogP) is 2.81. The van der Waals surface area contributed by atoms with Crippen LogP contribution in [0, 0.1) is 10.1 Å². The molecule has 10 nitrogen and oxygen atoms in total. The molecule has 0 atom stereocenters. The average Bonchev–Trinajstić information content (AvgIpc) is 2.54. The van der Waals surface area contributed by atoms with Crippen LogP contribution < -0.4 is 4.74 Å². The van der Waals surface area contributed by atoms with Crippen LogP contribution in [0.25, 0.3) is 0 Å². The zero-order valence-electron chi connectivity index (χ0n) is 17.3. The van der Waals surface area contributed by atoms with Crippen molar-refractivity contribution in [1.29, 1.82) is 0 Å². The van der Waals surface area contributed by atoms with E-state index in [1.165, 1.54) is 6.07 Å². The number of nitro benzene ring substituents is 1. The summed E-state index contributed by atoms with van der Waals surface area (Å²) in [5.41, 5.74) is -2.17. The van der Waals surface area contributed by atoms with Gasteiger partial charge in [0, 0.05) is 6.07 Å². The van der Waals surface area contributed by atoms with Gasteiger partial charge in [0.1, 0.15) is 11.2 Å². The quantitative estimate of drug-likeness (QED) is 0.287. The number of nitro groups is 1. The summed E-state index contributed by atoms with van der Waals surface area (Å²) in [6.07, 6.45) is 0. The molecule has 1 rings (SSSR count). The Bertz CT molecular complexity index is 788. The van der Waals surface area contributed by atoms with Gasteiger partial charge in [0.2, 0.25) is 0 Å². The van der Waals surface area contributed by atoms with Crippen LogP contribution in [-0.4, -0.2) is 47.2 Å². The van der Waals surface area contributed by atoms with Crippen molar-refractivity contribution >= 4 is 23.6 Å². The Morgan fingerprint density at radius 3 is 1.93 bits per heavy atom. The number of carbonyl (C=O) groups excluding carboxylic acids is 3. The number of rotatable bonds is 7. The summed E-state index contributed by atoms with van der Waals surface area (Å²) in [5.74, 6) is -2.62. The highest BCUT2D eigenvalue weighted by atomic mass is 16.6. The Morgan fingerprint density at radius 1 is 0.931 bits per heavy atom. The van der Waals surface area contributed by atoms with Crippen LogP contribution in [0.4, 0.5) is 5.69 Å². The molecule has 29 heavy (non-hydrogen) atoms. The van der Waals surface area contributed by atoms with Gasteiger partial charge in [-0.25, -0.2) is 14.4 Å². The molecule has 0 bridgehead atoms. The molecular formula is C19H25NO9. The van der Waals surface area contributed by atoms with E-state index in [1.807, 2.05) is 0 Å². The molecule has 0 amide bonds. The molecule has 0 fully saturated rings. The maximum atomic E-state index is 12.1. The number of ether oxygens (including phenoxy) is 4. The molecule has 0 spiro atoms. The Labute approximate surface area is 168 Å². The maximum Gasteiger partial charge on any atom is 0.344 e. The lowest BCUT2D eigenvalue weighted by Gasteiger charge is -2.19. The molecule has 160 valence electrons. The van der Waals surface area contributed by atoms with Crippen molar-refractivity contribution < 1.29 is 38.3 Å². The van der Waals surface area contributed by atoms with Gasteiger partial charge in [0.15, 0.2) is 19.0 Å². The summed E-state index contributed by atoms with van der Waals surface area (Å²) in [7, 11) is 0. The topological polar surface area (TPSA) is 131 Å². The molecule has 0 aliphatic rings. The standard InChI is InChI=1S/C19H25NO9/c1-18(2,3)28-15(21)10-26-14-8-7-12(9-13(14)20(24)25)17(23)27-11-16(22)29-19(4,5)6/h7-9H,10-11H2,1-6H3. The van der Waals surface area contributed by atoms with Crippen LogP contribution in [0.2, 0.25) is 0 Å². The third kappa shape index (κ3) is 9.04. The molecule has 0 aliphatic heterocycles. The highest BCUT2D eigenvalue weighted by Gasteiger charge is 2.23. The zero-order valence-corrected chi connectivity index (χ0v) is 17.3. The van der Waals surface area contributed by atoms with E-state index in [9.17, 15) is 24.5 Å². The van der Waals surface area contributed by atoms with Crippen molar-refractivity contribution in [2.75, 3.05) is 13.2 Å². The normalized spacial score (nSPS) is 11.4. The zero-order chi connectivity index (χ0) is 22.4. The van der Waals surface area contributed by atoms with Gasteiger partial charge in [-0.05, 0) is 53.7 Å². The minimum atomic E-state index is -0.947. The van der Waals surface area contributed by atoms with Gasteiger partial charge in [0.25, 0.3) is 0 Å². The highest BCUT2D eigenvalue weighted by molar-refractivity contribution is 5.92. The van der Waals surface area contributed by atoms with Crippen molar-refractivity contribution in [3.8, 4) is 5.75 Å². The summed E-state index contributed by atoms with van der Waals surface area (Å²) in [5, 5.41) is 11.3. The molecular weight excluding hydrogens is 386 g/mol. The van der Waals surface area contributed by atoms with Crippen LogP contribution in [0.5, 0.6) is 5.75 Å². The maximum absolute atomic E-state index is 12.1. The van der Waals surface area contributed by atoms with Crippen LogP contribution >= 0.6 is 0 Å². The Hall–Kier alpha value is -3.17. The number of nitrogens with zero attached hydrogens (tertiary/aromatic N) is 1. The summed E-state index contributed by atoms with van der Waals surface area (Å²) in [6, 6.07) is 3.31. The Kier molecular flexibility index (Phi) is 7.70. The van der Waals surface area contributed by atoms with Crippen LogP contribution in [-0.2, 0) is 23.8 Å². The van der Waals surface area contributed by atoms with Crippen molar-refractivity contribution in [3.63, 3.8) is 0 Å². The number of carbonyl (C=O) groups is 3. The average molecular weight is 411 g/mol. The van der Waals surface area contributed by atoms with Crippen molar-refractivity contribution in [1.82, 2.24) is 0 Å². The molecule has 0 N–H and O–H groups in total. The van der Waals surface area contributed by atoms with E-state index in [0.29, 0.717) is 0 Å². The van der Waals surface area contributed by atoms with Gasteiger partial charge in [-0.15, -0.1) is 0 Å².